The molecule has 0 fully saturated rings. The Kier molecular flexibility index (Phi) is 2.28. The number of aryl methyl sites for hydroxylation is 1. The molecule has 82 valence electrons. The van der Waals surface area contributed by atoms with Gasteiger partial charge in [-0.3, -0.25) is 4.98 Å². The van der Waals surface area contributed by atoms with Crippen molar-refractivity contribution in [3.8, 4) is 5.82 Å². The fourth-order valence-corrected chi connectivity index (χ4v) is 1.29. The van der Waals surface area contributed by atoms with Gasteiger partial charge >= 0.3 is 5.97 Å². The molecular weight excluding hydrogens is 210 g/mol. The molecule has 3 N–H and O–H groups in total. The summed E-state index contributed by atoms with van der Waals surface area (Å²) in [6.07, 6.45) is 4.45. The first-order chi connectivity index (χ1) is 7.59. The summed E-state index contributed by atoms with van der Waals surface area (Å²) in [5.41, 5.74) is 6.06. The Labute approximate surface area is 90.6 Å². The van der Waals surface area contributed by atoms with Gasteiger partial charge in [0.2, 0.25) is 0 Å². The zero-order valence-corrected chi connectivity index (χ0v) is 8.45. The highest BCUT2D eigenvalue weighted by molar-refractivity contribution is 5.91. The number of hydrogen-bond donors (Lipinski definition) is 2. The second kappa shape index (κ2) is 3.61. The Hall–Kier alpha value is -2.44. The van der Waals surface area contributed by atoms with Crippen molar-refractivity contribution < 1.29 is 9.90 Å². The number of rotatable bonds is 2. The lowest BCUT2D eigenvalue weighted by Gasteiger charge is -2.01. The average molecular weight is 219 g/mol. The van der Waals surface area contributed by atoms with Gasteiger partial charge in [-0.15, -0.1) is 0 Å². The summed E-state index contributed by atoms with van der Waals surface area (Å²) in [7, 11) is 0. The maximum Gasteiger partial charge on any atom is 0.358 e. The molecule has 0 atom stereocenters. The van der Waals surface area contributed by atoms with E-state index in [1.54, 1.807) is 13.1 Å². The van der Waals surface area contributed by atoms with Crippen LogP contribution in [-0.4, -0.2) is 30.8 Å². The van der Waals surface area contributed by atoms with Crippen molar-refractivity contribution in [3.05, 3.63) is 30.0 Å². The van der Waals surface area contributed by atoms with Crippen molar-refractivity contribution in [2.24, 2.45) is 0 Å². The van der Waals surface area contributed by atoms with Crippen LogP contribution in [0.25, 0.3) is 5.82 Å². The smallest absolute Gasteiger partial charge is 0.358 e. The van der Waals surface area contributed by atoms with Gasteiger partial charge in [-0.25, -0.2) is 14.5 Å². The summed E-state index contributed by atoms with van der Waals surface area (Å²) in [5, 5.41) is 12.6. The summed E-state index contributed by atoms with van der Waals surface area (Å²) >= 11 is 0. The molecule has 0 unspecified atom stereocenters. The van der Waals surface area contributed by atoms with E-state index >= 15 is 0 Å². The minimum Gasteiger partial charge on any atom is -0.476 e. The number of carboxylic acid groups (broad SMARTS) is 1. The number of anilines is 1. The van der Waals surface area contributed by atoms with Crippen LogP contribution in [0, 0.1) is 6.92 Å². The van der Waals surface area contributed by atoms with Gasteiger partial charge in [-0.05, 0) is 6.92 Å². The van der Waals surface area contributed by atoms with Crippen LogP contribution in [0.4, 0.5) is 5.69 Å². The van der Waals surface area contributed by atoms with Crippen molar-refractivity contribution in [2.75, 3.05) is 5.73 Å². The Morgan fingerprint density at radius 2 is 2.12 bits per heavy atom. The second-order valence-electron chi connectivity index (χ2n) is 3.15. The number of nitrogens with two attached hydrogens (primary N) is 1. The molecular formula is C9H9N5O2. The molecule has 2 heterocycles. The van der Waals surface area contributed by atoms with Crippen LogP contribution in [0.5, 0.6) is 0 Å². The first-order valence-corrected chi connectivity index (χ1v) is 4.46. The third-order valence-electron chi connectivity index (χ3n) is 2.02. The minimum absolute atomic E-state index is 0.0950. The number of aromatic carboxylic acids is 1. The predicted molar refractivity (Wildman–Crippen MR) is 55.3 cm³/mol. The van der Waals surface area contributed by atoms with E-state index in [2.05, 4.69) is 15.1 Å². The van der Waals surface area contributed by atoms with E-state index in [-0.39, 0.29) is 11.4 Å². The van der Waals surface area contributed by atoms with E-state index in [1.165, 1.54) is 17.1 Å². The van der Waals surface area contributed by atoms with Crippen LogP contribution in [0.1, 0.15) is 16.2 Å². The monoisotopic (exact) mass is 219 g/mol. The van der Waals surface area contributed by atoms with Crippen molar-refractivity contribution in [1.82, 2.24) is 19.7 Å². The molecule has 2 aromatic heterocycles. The number of nitrogen functional groups attached to an aromatic ring is 1. The van der Waals surface area contributed by atoms with Gasteiger partial charge in [0.15, 0.2) is 11.5 Å². The lowest BCUT2D eigenvalue weighted by atomic mass is 10.4. The second-order valence-corrected chi connectivity index (χ2v) is 3.15. The average Bonchev–Trinajstić information content (AvgIpc) is 2.61. The van der Waals surface area contributed by atoms with Crippen LogP contribution >= 0.6 is 0 Å². The number of carboxylic acids is 1. The van der Waals surface area contributed by atoms with Crippen molar-refractivity contribution in [3.63, 3.8) is 0 Å². The number of nitrogens with zero attached hydrogens (tertiary/aromatic N) is 4. The van der Waals surface area contributed by atoms with Crippen LogP contribution in [0.15, 0.2) is 18.6 Å². The van der Waals surface area contributed by atoms with Crippen molar-refractivity contribution in [1.29, 1.82) is 0 Å². The first kappa shape index (κ1) is 10.1. The molecule has 2 aromatic rings. The predicted octanol–water partition coefficient (Wildman–Crippen LogP) is 0.251. The van der Waals surface area contributed by atoms with E-state index in [1.807, 2.05) is 0 Å². The molecule has 0 radical (unpaired) electrons. The van der Waals surface area contributed by atoms with E-state index in [9.17, 15) is 4.79 Å². The van der Waals surface area contributed by atoms with E-state index in [4.69, 9.17) is 10.8 Å². The Bertz CT molecular complexity index is 549. The van der Waals surface area contributed by atoms with Gasteiger partial charge in [0.25, 0.3) is 0 Å². The highest BCUT2D eigenvalue weighted by atomic mass is 16.4. The summed E-state index contributed by atoms with van der Waals surface area (Å²) in [5.74, 6) is -0.709. The molecule has 0 aliphatic carbocycles. The maximum absolute atomic E-state index is 10.8. The lowest BCUT2D eigenvalue weighted by Crippen LogP contribution is -2.05. The van der Waals surface area contributed by atoms with Gasteiger partial charge in [-0.2, -0.15) is 5.10 Å². The van der Waals surface area contributed by atoms with Gasteiger partial charge in [0, 0.05) is 12.4 Å². The van der Waals surface area contributed by atoms with Crippen LogP contribution in [0.3, 0.4) is 0 Å². The Balaban J connectivity index is 2.54. The molecule has 0 aromatic carbocycles. The van der Waals surface area contributed by atoms with E-state index in [0.29, 0.717) is 11.5 Å². The number of hydrogen-bond acceptors (Lipinski definition) is 5. The summed E-state index contributed by atoms with van der Waals surface area (Å²) < 4.78 is 1.31. The normalized spacial score (nSPS) is 10.3. The molecule has 0 amide bonds. The molecule has 7 heteroatoms. The van der Waals surface area contributed by atoms with Crippen molar-refractivity contribution in [2.45, 2.75) is 6.92 Å². The maximum atomic E-state index is 10.8. The van der Waals surface area contributed by atoms with Gasteiger partial charge in [0.1, 0.15) is 0 Å². The highest BCUT2D eigenvalue weighted by Crippen LogP contribution is 2.13. The molecule has 0 bridgehead atoms. The molecule has 0 saturated heterocycles. The molecule has 16 heavy (non-hydrogen) atoms. The highest BCUT2D eigenvalue weighted by Gasteiger charge is 2.15. The van der Waals surface area contributed by atoms with E-state index < -0.39 is 5.97 Å². The minimum atomic E-state index is -1.17. The van der Waals surface area contributed by atoms with Crippen LogP contribution < -0.4 is 5.73 Å². The van der Waals surface area contributed by atoms with E-state index in [0.717, 1.165) is 0 Å². The fourth-order valence-electron chi connectivity index (χ4n) is 1.29. The lowest BCUT2D eigenvalue weighted by molar-refractivity contribution is 0.0691. The molecule has 7 nitrogen and oxygen atoms in total. The zero-order chi connectivity index (χ0) is 11.7. The zero-order valence-electron chi connectivity index (χ0n) is 8.45. The number of carbonyl (C=O) groups is 1. The van der Waals surface area contributed by atoms with Crippen LogP contribution in [-0.2, 0) is 0 Å². The molecule has 0 aliphatic heterocycles. The first-order valence-electron chi connectivity index (χ1n) is 4.46. The quantitative estimate of drug-likeness (QED) is 0.749. The topological polar surface area (TPSA) is 107 Å². The Morgan fingerprint density at radius 3 is 2.69 bits per heavy atom. The molecule has 0 saturated carbocycles. The molecule has 2 rings (SSSR count). The third-order valence-corrected chi connectivity index (χ3v) is 2.02. The summed E-state index contributed by atoms with van der Waals surface area (Å²) in [4.78, 5) is 18.8. The number of aromatic nitrogens is 4. The fraction of sp³-hybridized carbons (Fsp3) is 0.111. The molecule has 0 spiro atoms. The SMILES string of the molecule is Cc1nccnc1-n1cc(N)c(C(=O)O)n1. The van der Waals surface area contributed by atoms with Crippen LogP contribution in [0.2, 0.25) is 0 Å². The largest absolute Gasteiger partial charge is 0.476 e. The third kappa shape index (κ3) is 1.58. The van der Waals surface area contributed by atoms with Gasteiger partial charge in [-0.1, -0.05) is 0 Å². The van der Waals surface area contributed by atoms with Crippen molar-refractivity contribution >= 4 is 11.7 Å². The van der Waals surface area contributed by atoms with Gasteiger partial charge in [0.05, 0.1) is 17.6 Å². The van der Waals surface area contributed by atoms with Gasteiger partial charge < -0.3 is 10.8 Å². The summed E-state index contributed by atoms with van der Waals surface area (Å²) in [6.45, 7) is 1.75. The summed E-state index contributed by atoms with van der Waals surface area (Å²) in [6, 6.07) is 0. The Morgan fingerprint density at radius 1 is 1.44 bits per heavy atom. The molecule has 0 aliphatic rings. The standard InChI is InChI=1S/C9H9N5O2/c1-5-8(12-3-2-11-5)14-4-6(10)7(13-14)9(15)16/h2-4H,10H2,1H3,(H,15,16).